The molecule has 1 heterocycles. The molecule has 4 heteroatoms. The summed E-state index contributed by atoms with van der Waals surface area (Å²) in [7, 11) is 0. The summed E-state index contributed by atoms with van der Waals surface area (Å²) >= 11 is 5.23. The van der Waals surface area contributed by atoms with Crippen LogP contribution in [0.3, 0.4) is 0 Å². The molecule has 0 saturated heterocycles. The third-order valence-electron chi connectivity index (χ3n) is 1.98. The van der Waals surface area contributed by atoms with Gasteiger partial charge in [-0.25, -0.2) is 4.39 Å². The summed E-state index contributed by atoms with van der Waals surface area (Å²) in [5, 5.41) is -0.819. The van der Waals surface area contributed by atoms with Gasteiger partial charge < -0.3 is 4.42 Å². The van der Waals surface area contributed by atoms with E-state index in [2.05, 4.69) is 0 Å². The molecule has 0 amide bonds. The molecule has 1 aromatic carbocycles. The number of carbonyl (C=O) groups excluding carboxylic acids is 1. The summed E-state index contributed by atoms with van der Waals surface area (Å²) in [6.45, 7) is 0. The number of halogens is 2. The van der Waals surface area contributed by atoms with Crippen molar-refractivity contribution in [3.8, 4) is 11.3 Å². The van der Waals surface area contributed by atoms with Crippen LogP contribution in [-0.2, 0) is 0 Å². The van der Waals surface area contributed by atoms with Gasteiger partial charge in [0.2, 0.25) is 0 Å². The van der Waals surface area contributed by atoms with Gasteiger partial charge in [0.15, 0.2) is 0 Å². The lowest BCUT2D eigenvalue weighted by Crippen LogP contribution is -1.94. The van der Waals surface area contributed by atoms with Gasteiger partial charge in [-0.1, -0.05) is 0 Å². The first-order chi connectivity index (χ1) is 7.18. The fourth-order valence-electron chi connectivity index (χ4n) is 1.27. The van der Waals surface area contributed by atoms with Crippen LogP contribution in [0.5, 0.6) is 0 Å². The summed E-state index contributed by atoms with van der Waals surface area (Å²) in [6, 6.07) is 7.51. The van der Waals surface area contributed by atoms with Gasteiger partial charge in [-0.05, 0) is 41.9 Å². The van der Waals surface area contributed by atoms with E-state index in [1.54, 1.807) is 12.1 Å². The van der Waals surface area contributed by atoms with Gasteiger partial charge >= 0.3 is 0 Å². The van der Waals surface area contributed by atoms with Gasteiger partial charge in [0.1, 0.15) is 11.6 Å². The van der Waals surface area contributed by atoms with Crippen molar-refractivity contribution in [3.05, 3.63) is 48.0 Å². The average molecular weight is 225 g/mol. The number of hydrogen-bond acceptors (Lipinski definition) is 2. The molecule has 2 nitrogen and oxygen atoms in total. The molecule has 1 aromatic heterocycles. The van der Waals surface area contributed by atoms with E-state index in [1.165, 1.54) is 24.5 Å². The summed E-state index contributed by atoms with van der Waals surface area (Å²) in [5.74, 6) is -0.0699. The van der Waals surface area contributed by atoms with Gasteiger partial charge in [-0.2, -0.15) is 0 Å². The van der Waals surface area contributed by atoms with E-state index in [-0.39, 0.29) is 5.56 Å². The molecule has 0 aliphatic heterocycles. The van der Waals surface area contributed by atoms with Crippen molar-refractivity contribution in [2.24, 2.45) is 0 Å². The molecular formula is C11H6ClFO2. The summed E-state index contributed by atoms with van der Waals surface area (Å²) in [5.41, 5.74) is 0.468. The maximum absolute atomic E-state index is 13.1. The Morgan fingerprint density at radius 3 is 2.73 bits per heavy atom. The highest BCUT2D eigenvalue weighted by molar-refractivity contribution is 6.67. The molecule has 0 spiro atoms. The van der Waals surface area contributed by atoms with Crippen LogP contribution >= 0.6 is 11.6 Å². The van der Waals surface area contributed by atoms with Gasteiger partial charge in [0.25, 0.3) is 5.24 Å². The fraction of sp³-hybridized carbons (Fsp3) is 0. The summed E-state index contributed by atoms with van der Waals surface area (Å²) in [4.78, 5) is 10.9. The van der Waals surface area contributed by atoms with Crippen molar-refractivity contribution in [1.82, 2.24) is 0 Å². The number of rotatable bonds is 2. The van der Waals surface area contributed by atoms with Crippen LogP contribution in [0, 0.1) is 5.82 Å². The predicted molar refractivity (Wildman–Crippen MR) is 54.3 cm³/mol. The van der Waals surface area contributed by atoms with Crippen molar-refractivity contribution >= 4 is 16.8 Å². The molecule has 0 atom stereocenters. The quantitative estimate of drug-likeness (QED) is 0.732. The molecule has 0 saturated carbocycles. The van der Waals surface area contributed by atoms with Gasteiger partial charge in [-0.3, -0.25) is 4.79 Å². The van der Waals surface area contributed by atoms with Crippen molar-refractivity contribution in [1.29, 1.82) is 0 Å². The van der Waals surface area contributed by atoms with E-state index in [0.717, 1.165) is 0 Å². The molecule has 76 valence electrons. The minimum atomic E-state index is -0.819. The van der Waals surface area contributed by atoms with Crippen LogP contribution in [-0.4, -0.2) is 5.24 Å². The minimum Gasteiger partial charge on any atom is -0.464 e. The molecule has 0 bridgehead atoms. The second kappa shape index (κ2) is 3.87. The Morgan fingerprint density at radius 2 is 2.13 bits per heavy atom. The summed E-state index contributed by atoms with van der Waals surface area (Å²) < 4.78 is 18.2. The molecule has 0 unspecified atom stereocenters. The Morgan fingerprint density at radius 1 is 1.33 bits per heavy atom. The Bertz CT molecular complexity index is 491. The van der Waals surface area contributed by atoms with E-state index in [1.807, 2.05) is 0 Å². The Kier molecular flexibility index (Phi) is 2.56. The van der Waals surface area contributed by atoms with Crippen molar-refractivity contribution in [3.63, 3.8) is 0 Å². The van der Waals surface area contributed by atoms with Crippen LogP contribution in [0.4, 0.5) is 4.39 Å². The van der Waals surface area contributed by atoms with E-state index >= 15 is 0 Å². The normalized spacial score (nSPS) is 10.3. The molecule has 2 aromatic rings. The predicted octanol–water partition coefficient (Wildman–Crippen LogP) is 3.46. The second-order valence-electron chi connectivity index (χ2n) is 2.95. The molecule has 0 N–H and O–H groups in total. The van der Waals surface area contributed by atoms with Crippen molar-refractivity contribution in [2.45, 2.75) is 0 Å². The average Bonchev–Trinajstić information content (AvgIpc) is 2.71. The van der Waals surface area contributed by atoms with E-state index < -0.39 is 11.1 Å². The number of furan rings is 1. The molecule has 0 radical (unpaired) electrons. The smallest absolute Gasteiger partial charge is 0.255 e. The molecule has 0 aliphatic rings. The maximum atomic E-state index is 13.1. The van der Waals surface area contributed by atoms with Gasteiger partial charge in [-0.15, -0.1) is 0 Å². The lowest BCUT2D eigenvalue weighted by molar-refractivity contribution is 0.107. The van der Waals surface area contributed by atoms with Gasteiger partial charge in [0, 0.05) is 5.56 Å². The van der Waals surface area contributed by atoms with Crippen LogP contribution in [0.15, 0.2) is 41.0 Å². The lowest BCUT2D eigenvalue weighted by Gasteiger charge is -2.00. The largest absolute Gasteiger partial charge is 0.464 e. The second-order valence-corrected chi connectivity index (χ2v) is 3.29. The highest BCUT2D eigenvalue weighted by atomic mass is 35.5. The first-order valence-electron chi connectivity index (χ1n) is 4.22. The number of carbonyl (C=O) groups is 1. The minimum absolute atomic E-state index is 0.148. The summed E-state index contributed by atoms with van der Waals surface area (Å²) in [6.07, 6.45) is 1.50. The van der Waals surface area contributed by atoms with E-state index in [4.69, 9.17) is 16.0 Å². The van der Waals surface area contributed by atoms with Crippen molar-refractivity contribution in [2.75, 3.05) is 0 Å². The Balaban J connectivity index is 2.52. The maximum Gasteiger partial charge on any atom is 0.255 e. The lowest BCUT2D eigenvalue weighted by atomic mass is 10.1. The zero-order chi connectivity index (χ0) is 10.8. The molecular weight excluding hydrogens is 219 g/mol. The first kappa shape index (κ1) is 9.93. The van der Waals surface area contributed by atoms with Crippen LogP contribution in [0.1, 0.15) is 10.4 Å². The molecule has 0 aliphatic carbocycles. The van der Waals surface area contributed by atoms with E-state index in [0.29, 0.717) is 11.3 Å². The first-order valence-corrected chi connectivity index (χ1v) is 4.59. The zero-order valence-electron chi connectivity index (χ0n) is 7.54. The van der Waals surface area contributed by atoms with E-state index in [9.17, 15) is 9.18 Å². The Hall–Kier alpha value is -1.61. The highest BCUT2D eigenvalue weighted by Crippen LogP contribution is 2.23. The highest BCUT2D eigenvalue weighted by Gasteiger charge is 2.11. The van der Waals surface area contributed by atoms with Gasteiger partial charge in [0.05, 0.1) is 11.8 Å². The zero-order valence-corrected chi connectivity index (χ0v) is 8.29. The third kappa shape index (κ3) is 1.92. The SMILES string of the molecule is O=C(Cl)c1cc(-c2ccco2)ccc1F. The topological polar surface area (TPSA) is 30.2 Å². The standard InChI is InChI=1S/C11H6ClFO2/c12-11(14)8-6-7(3-4-9(8)13)10-2-1-5-15-10/h1-6H. The number of benzene rings is 1. The fourth-order valence-corrected chi connectivity index (χ4v) is 1.42. The van der Waals surface area contributed by atoms with Crippen LogP contribution < -0.4 is 0 Å². The monoisotopic (exact) mass is 224 g/mol. The number of hydrogen-bond donors (Lipinski definition) is 0. The van der Waals surface area contributed by atoms with Crippen LogP contribution in [0.25, 0.3) is 11.3 Å². The molecule has 2 rings (SSSR count). The molecule has 15 heavy (non-hydrogen) atoms. The Labute approximate surface area is 90.3 Å². The van der Waals surface area contributed by atoms with Crippen molar-refractivity contribution < 1.29 is 13.6 Å². The molecule has 0 fully saturated rings. The van der Waals surface area contributed by atoms with Crippen LogP contribution in [0.2, 0.25) is 0 Å². The third-order valence-corrected chi connectivity index (χ3v) is 2.19.